The van der Waals surface area contributed by atoms with Crippen molar-refractivity contribution in [1.29, 1.82) is 0 Å². The lowest BCUT2D eigenvalue weighted by molar-refractivity contribution is 0.170. The number of nitrogens with one attached hydrogen (secondary N) is 1. The van der Waals surface area contributed by atoms with Crippen LogP contribution in [0.5, 0.6) is 5.75 Å². The number of fused-ring (bicyclic) bond motifs is 1. The lowest BCUT2D eigenvalue weighted by Gasteiger charge is -2.32. The Bertz CT molecular complexity index is 603. The molecule has 1 heterocycles. The second-order valence-electron chi connectivity index (χ2n) is 7.22. The molecule has 1 saturated heterocycles. The molecule has 5 heteroatoms. The predicted octanol–water partition coefficient (Wildman–Crippen LogP) is 2.99. The zero-order valence-corrected chi connectivity index (χ0v) is 15.1. The van der Waals surface area contributed by atoms with Gasteiger partial charge in [-0.05, 0) is 68.8 Å². The summed E-state index contributed by atoms with van der Waals surface area (Å²) < 4.78 is 5.48. The number of urea groups is 1. The number of methoxy groups -OCH3 is 1. The first-order valence-corrected chi connectivity index (χ1v) is 8.98. The minimum absolute atomic E-state index is 0.0400. The Morgan fingerprint density at radius 2 is 2.21 bits per heavy atom. The molecule has 1 N–H and O–H groups in total. The van der Waals surface area contributed by atoms with Crippen LogP contribution in [0.15, 0.2) is 12.1 Å². The van der Waals surface area contributed by atoms with Crippen LogP contribution in [0.1, 0.15) is 30.4 Å². The van der Waals surface area contributed by atoms with Crippen LogP contribution in [0.3, 0.4) is 0 Å². The van der Waals surface area contributed by atoms with E-state index in [1.807, 2.05) is 18.0 Å². The van der Waals surface area contributed by atoms with Gasteiger partial charge in [-0.1, -0.05) is 6.07 Å². The van der Waals surface area contributed by atoms with E-state index in [1.165, 1.54) is 30.5 Å². The van der Waals surface area contributed by atoms with Gasteiger partial charge in [0.1, 0.15) is 5.75 Å². The molecule has 132 valence electrons. The zero-order valence-electron chi connectivity index (χ0n) is 15.1. The van der Waals surface area contributed by atoms with Gasteiger partial charge in [0.05, 0.1) is 12.8 Å². The largest absolute Gasteiger partial charge is 0.495 e. The highest BCUT2D eigenvalue weighted by Crippen LogP contribution is 2.36. The third-order valence-corrected chi connectivity index (χ3v) is 5.30. The van der Waals surface area contributed by atoms with E-state index >= 15 is 0 Å². The van der Waals surface area contributed by atoms with Crippen LogP contribution in [0.4, 0.5) is 10.5 Å². The Morgan fingerprint density at radius 3 is 2.96 bits per heavy atom. The first kappa shape index (κ1) is 17.1. The molecule has 1 atom stereocenters. The van der Waals surface area contributed by atoms with E-state index in [2.05, 4.69) is 23.3 Å². The summed E-state index contributed by atoms with van der Waals surface area (Å²) in [6.45, 7) is 3.04. The molecule has 0 unspecified atom stereocenters. The van der Waals surface area contributed by atoms with Crippen LogP contribution in [0.25, 0.3) is 0 Å². The number of carbonyl (C=O) groups is 1. The van der Waals surface area contributed by atoms with E-state index in [0.29, 0.717) is 5.92 Å². The third kappa shape index (κ3) is 3.66. The fourth-order valence-electron chi connectivity index (χ4n) is 4.05. The number of aryl methyl sites for hydroxylation is 1. The van der Waals surface area contributed by atoms with Crippen molar-refractivity contribution in [2.45, 2.75) is 32.1 Å². The summed E-state index contributed by atoms with van der Waals surface area (Å²) in [5.41, 5.74) is 3.45. The van der Waals surface area contributed by atoms with Crippen molar-refractivity contribution in [2.24, 2.45) is 5.92 Å². The summed E-state index contributed by atoms with van der Waals surface area (Å²) in [6, 6.07) is 4.05. The molecule has 0 bridgehead atoms. The van der Waals surface area contributed by atoms with Crippen molar-refractivity contribution in [3.63, 3.8) is 0 Å². The molecule has 2 aliphatic rings. The minimum atomic E-state index is -0.0400. The number of benzene rings is 1. The standard InChI is InChI=1S/C19H29N3O2/c1-21-11-5-6-14(12-21)13-22(2)19(23)20-18-16-8-4-7-15(16)9-10-17(18)24-3/h9-10,14H,4-8,11-13H2,1-3H3,(H,20,23)/t14-/m1/s1. The van der Waals surface area contributed by atoms with Crippen molar-refractivity contribution in [1.82, 2.24) is 9.80 Å². The van der Waals surface area contributed by atoms with Gasteiger partial charge in [-0.25, -0.2) is 4.79 Å². The number of carbonyl (C=O) groups excluding carboxylic acids is 1. The molecule has 3 rings (SSSR count). The maximum atomic E-state index is 12.7. The lowest BCUT2D eigenvalue weighted by atomic mass is 9.98. The van der Waals surface area contributed by atoms with E-state index < -0.39 is 0 Å². The number of likely N-dealkylation sites (tertiary alicyclic amines) is 1. The number of amides is 2. The number of anilines is 1. The molecule has 0 radical (unpaired) electrons. The Balaban J connectivity index is 1.67. The van der Waals surface area contributed by atoms with Crippen molar-refractivity contribution in [3.8, 4) is 5.75 Å². The lowest BCUT2D eigenvalue weighted by Crippen LogP contribution is -2.41. The molecule has 1 aliphatic carbocycles. The van der Waals surface area contributed by atoms with Gasteiger partial charge < -0.3 is 19.9 Å². The topological polar surface area (TPSA) is 44.8 Å². The fourth-order valence-corrected chi connectivity index (χ4v) is 4.05. The van der Waals surface area contributed by atoms with Crippen molar-refractivity contribution in [2.75, 3.05) is 46.2 Å². The van der Waals surface area contributed by atoms with Crippen LogP contribution in [0, 0.1) is 5.92 Å². The van der Waals surface area contributed by atoms with Crippen LogP contribution in [-0.2, 0) is 12.8 Å². The summed E-state index contributed by atoms with van der Waals surface area (Å²) in [5, 5.41) is 3.11. The van der Waals surface area contributed by atoms with E-state index in [1.54, 1.807) is 7.11 Å². The average molecular weight is 331 g/mol. The molecule has 5 nitrogen and oxygen atoms in total. The SMILES string of the molecule is COc1ccc2c(c1NC(=O)N(C)C[C@@H]1CCCN(C)C1)CCC2. The summed E-state index contributed by atoms with van der Waals surface area (Å²) in [7, 11) is 5.71. The van der Waals surface area contributed by atoms with Crippen molar-refractivity contribution in [3.05, 3.63) is 23.3 Å². The average Bonchev–Trinajstić information content (AvgIpc) is 3.04. The molecule has 24 heavy (non-hydrogen) atoms. The molecule has 0 spiro atoms. The minimum Gasteiger partial charge on any atom is -0.495 e. The number of piperidine rings is 1. The molecule has 0 aromatic heterocycles. The molecular formula is C19H29N3O2. The number of hydrogen-bond donors (Lipinski definition) is 1. The van der Waals surface area contributed by atoms with Gasteiger partial charge in [-0.2, -0.15) is 0 Å². The van der Waals surface area contributed by atoms with Crippen LogP contribution < -0.4 is 10.1 Å². The van der Waals surface area contributed by atoms with Gasteiger partial charge in [0.15, 0.2) is 0 Å². The van der Waals surface area contributed by atoms with Gasteiger partial charge >= 0.3 is 6.03 Å². The van der Waals surface area contributed by atoms with E-state index in [9.17, 15) is 4.79 Å². The van der Waals surface area contributed by atoms with Crippen LogP contribution in [0.2, 0.25) is 0 Å². The Kier molecular flexibility index (Phi) is 5.29. The number of rotatable bonds is 4. The first-order chi connectivity index (χ1) is 11.6. The smallest absolute Gasteiger partial charge is 0.321 e. The number of ether oxygens (including phenoxy) is 1. The summed E-state index contributed by atoms with van der Waals surface area (Å²) >= 11 is 0. The second-order valence-corrected chi connectivity index (χ2v) is 7.22. The Morgan fingerprint density at radius 1 is 1.38 bits per heavy atom. The molecule has 1 aliphatic heterocycles. The fraction of sp³-hybridized carbons (Fsp3) is 0.632. The summed E-state index contributed by atoms with van der Waals surface area (Å²) in [6.07, 6.45) is 5.67. The maximum absolute atomic E-state index is 12.7. The Hall–Kier alpha value is -1.75. The molecule has 1 aromatic carbocycles. The number of hydrogen-bond acceptors (Lipinski definition) is 3. The maximum Gasteiger partial charge on any atom is 0.321 e. The molecule has 1 aromatic rings. The van der Waals surface area contributed by atoms with E-state index in [-0.39, 0.29) is 6.03 Å². The van der Waals surface area contributed by atoms with E-state index in [4.69, 9.17) is 4.74 Å². The highest BCUT2D eigenvalue weighted by molar-refractivity contribution is 5.92. The predicted molar refractivity (Wildman–Crippen MR) is 96.9 cm³/mol. The summed E-state index contributed by atoms with van der Waals surface area (Å²) in [5.74, 6) is 1.32. The number of nitrogens with zero attached hydrogens (tertiary/aromatic N) is 2. The highest BCUT2D eigenvalue weighted by atomic mass is 16.5. The van der Waals surface area contributed by atoms with Gasteiger partial charge in [-0.15, -0.1) is 0 Å². The monoisotopic (exact) mass is 331 g/mol. The van der Waals surface area contributed by atoms with Crippen LogP contribution >= 0.6 is 0 Å². The molecule has 1 fully saturated rings. The highest BCUT2D eigenvalue weighted by Gasteiger charge is 2.24. The molecule has 0 saturated carbocycles. The normalized spacial score (nSPS) is 20.5. The second kappa shape index (κ2) is 7.43. The first-order valence-electron chi connectivity index (χ1n) is 8.98. The van der Waals surface area contributed by atoms with Gasteiger partial charge in [0.25, 0.3) is 0 Å². The van der Waals surface area contributed by atoms with Gasteiger partial charge in [0, 0.05) is 20.1 Å². The molecule has 2 amide bonds. The zero-order chi connectivity index (χ0) is 17.1. The van der Waals surface area contributed by atoms with Gasteiger partial charge in [0.2, 0.25) is 0 Å². The van der Waals surface area contributed by atoms with Gasteiger partial charge in [-0.3, -0.25) is 0 Å². The van der Waals surface area contributed by atoms with Crippen molar-refractivity contribution < 1.29 is 9.53 Å². The van der Waals surface area contributed by atoms with Crippen LogP contribution in [-0.4, -0.2) is 56.7 Å². The van der Waals surface area contributed by atoms with Crippen molar-refractivity contribution >= 4 is 11.7 Å². The van der Waals surface area contributed by atoms with E-state index in [0.717, 1.165) is 43.8 Å². The molecular weight excluding hydrogens is 302 g/mol. The third-order valence-electron chi connectivity index (χ3n) is 5.30. The quantitative estimate of drug-likeness (QED) is 0.922. The Labute approximate surface area is 145 Å². The summed E-state index contributed by atoms with van der Waals surface area (Å²) in [4.78, 5) is 16.9.